The van der Waals surface area contributed by atoms with Crippen molar-refractivity contribution in [3.8, 4) is 11.5 Å². The first-order valence-corrected chi connectivity index (χ1v) is 8.49. The highest BCUT2D eigenvalue weighted by atomic mass is 16.5. The molecule has 0 spiro atoms. The fourth-order valence-electron chi connectivity index (χ4n) is 2.87. The Morgan fingerprint density at radius 3 is 2.60 bits per heavy atom. The molecule has 6 heteroatoms. The molecule has 1 aliphatic carbocycles. The summed E-state index contributed by atoms with van der Waals surface area (Å²) < 4.78 is 10.4. The first-order chi connectivity index (χ1) is 12.0. The summed E-state index contributed by atoms with van der Waals surface area (Å²) in [5.74, 6) is 0.357. The number of hydrogen-bond donors (Lipinski definition) is 2. The van der Waals surface area contributed by atoms with Gasteiger partial charge in [-0.25, -0.2) is 4.79 Å². The van der Waals surface area contributed by atoms with Crippen LogP contribution in [0.25, 0.3) is 6.08 Å². The van der Waals surface area contributed by atoms with Gasteiger partial charge in [-0.05, 0) is 55.4 Å². The van der Waals surface area contributed by atoms with Gasteiger partial charge in [-0.2, -0.15) is 0 Å². The van der Waals surface area contributed by atoms with Crippen molar-refractivity contribution < 1.29 is 24.2 Å². The van der Waals surface area contributed by atoms with Crippen LogP contribution in [0.15, 0.2) is 24.3 Å². The van der Waals surface area contributed by atoms with E-state index < -0.39 is 12.6 Å². The van der Waals surface area contributed by atoms with Gasteiger partial charge in [-0.3, -0.25) is 4.79 Å². The smallest absolute Gasteiger partial charge is 0.341 e. The molecule has 1 fully saturated rings. The number of carbonyl (C=O) groups excluding carboxylic acids is 1. The van der Waals surface area contributed by atoms with E-state index in [1.807, 2.05) is 0 Å². The van der Waals surface area contributed by atoms with Crippen molar-refractivity contribution in [3.63, 3.8) is 0 Å². The first-order valence-electron chi connectivity index (χ1n) is 8.49. The highest BCUT2D eigenvalue weighted by Crippen LogP contribution is 2.28. The average Bonchev–Trinajstić information content (AvgIpc) is 2.60. The van der Waals surface area contributed by atoms with Crippen LogP contribution in [-0.2, 0) is 9.59 Å². The van der Waals surface area contributed by atoms with E-state index in [-0.39, 0.29) is 11.9 Å². The van der Waals surface area contributed by atoms with Crippen LogP contribution in [0.2, 0.25) is 0 Å². The van der Waals surface area contributed by atoms with E-state index in [0.29, 0.717) is 11.5 Å². The van der Waals surface area contributed by atoms with E-state index in [1.165, 1.54) is 13.2 Å². The number of nitrogens with one attached hydrogen (secondary N) is 1. The third kappa shape index (κ3) is 6.14. The topological polar surface area (TPSA) is 84.9 Å². The zero-order valence-corrected chi connectivity index (χ0v) is 14.7. The maximum absolute atomic E-state index is 12.0. The molecule has 25 heavy (non-hydrogen) atoms. The van der Waals surface area contributed by atoms with Crippen molar-refractivity contribution >= 4 is 18.0 Å². The molecule has 1 amide bonds. The van der Waals surface area contributed by atoms with E-state index in [1.54, 1.807) is 24.3 Å². The van der Waals surface area contributed by atoms with Crippen molar-refractivity contribution in [1.29, 1.82) is 0 Å². The Bertz CT molecular complexity index is 633. The summed E-state index contributed by atoms with van der Waals surface area (Å²) in [6.45, 7) is 1.81. The highest BCUT2D eigenvalue weighted by Gasteiger charge is 2.18. The summed E-state index contributed by atoms with van der Waals surface area (Å²) in [6.07, 6.45) is 7.58. The molecule has 1 aromatic carbocycles. The summed E-state index contributed by atoms with van der Waals surface area (Å²) in [5, 5.41) is 11.7. The number of methoxy groups -OCH3 is 1. The summed E-state index contributed by atoms with van der Waals surface area (Å²) >= 11 is 0. The summed E-state index contributed by atoms with van der Waals surface area (Å²) in [7, 11) is 1.48. The van der Waals surface area contributed by atoms with Gasteiger partial charge in [0.2, 0.25) is 5.91 Å². The Labute approximate surface area is 147 Å². The number of ether oxygens (including phenoxy) is 2. The van der Waals surface area contributed by atoms with Crippen LogP contribution >= 0.6 is 0 Å². The lowest BCUT2D eigenvalue weighted by molar-refractivity contribution is -0.139. The third-order valence-corrected chi connectivity index (χ3v) is 4.33. The van der Waals surface area contributed by atoms with E-state index in [0.717, 1.165) is 37.2 Å². The number of amides is 1. The second kappa shape index (κ2) is 9.11. The summed E-state index contributed by atoms with van der Waals surface area (Å²) in [4.78, 5) is 22.6. The van der Waals surface area contributed by atoms with Gasteiger partial charge in [0.25, 0.3) is 0 Å². The molecular formula is C19H25NO5. The van der Waals surface area contributed by atoms with Crippen LogP contribution in [-0.4, -0.2) is 36.7 Å². The number of rotatable bonds is 7. The molecule has 1 aliphatic rings. The number of hydrogen-bond acceptors (Lipinski definition) is 4. The van der Waals surface area contributed by atoms with Gasteiger partial charge in [0, 0.05) is 12.1 Å². The van der Waals surface area contributed by atoms with Gasteiger partial charge in [0.15, 0.2) is 18.1 Å². The molecule has 136 valence electrons. The largest absolute Gasteiger partial charge is 0.493 e. The molecule has 2 rings (SSSR count). The molecule has 0 unspecified atom stereocenters. The molecule has 0 atom stereocenters. The first kappa shape index (κ1) is 18.8. The van der Waals surface area contributed by atoms with E-state index in [9.17, 15) is 9.59 Å². The minimum absolute atomic E-state index is 0.107. The van der Waals surface area contributed by atoms with Gasteiger partial charge >= 0.3 is 5.97 Å². The van der Waals surface area contributed by atoms with Crippen LogP contribution in [0.1, 0.15) is 38.2 Å². The molecule has 6 nitrogen and oxygen atoms in total. The standard InChI is InChI=1S/C19H25NO5/c1-13-3-7-15(8-4-13)20-18(21)10-6-14-5-9-16(17(11-14)24-2)25-12-19(22)23/h5-6,9-11,13,15H,3-4,7-8,12H2,1-2H3,(H,20,21)(H,22,23)/b10-6+. The van der Waals surface area contributed by atoms with Crippen molar-refractivity contribution in [2.24, 2.45) is 5.92 Å². The predicted octanol–water partition coefficient (Wildman–Crippen LogP) is 2.87. The summed E-state index contributed by atoms with van der Waals surface area (Å²) in [5.41, 5.74) is 0.770. The molecule has 0 radical (unpaired) electrons. The average molecular weight is 347 g/mol. The molecule has 0 saturated heterocycles. The minimum atomic E-state index is -1.06. The van der Waals surface area contributed by atoms with Crippen molar-refractivity contribution in [2.45, 2.75) is 38.6 Å². The molecule has 0 aromatic heterocycles. The Morgan fingerprint density at radius 1 is 1.24 bits per heavy atom. The molecule has 2 N–H and O–H groups in total. The molecule has 0 heterocycles. The molecular weight excluding hydrogens is 322 g/mol. The Morgan fingerprint density at radius 2 is 1.96 bits per heavy atom. The lowest BCUT2D eigenvalue weighted by Crippen LogP contribution is -2.36. The van der Waals surface area contributed by atoms with Crippen LogP contribution < -0.4 is 14.8 Å². The normalized spacial score (nSPS) is 20.2. The lowest BCUT2D eigenvalue weighted by Gasteiger charge is -2.26. The molecule has 0 bridgehead atoms. The quantitative estimate of drug-likeness (QED) is 0.741. The number of carbonyl (C=O) groups is 2. The van der Waals surface area contributed by atoms with Crippen LogP contribution in [0.4, 0.5) is 0 Å². The van der Waals surface area contributed by atoms with Gasteiger partial charge in [0.05, 0.1) is 7.11 Å². The minimum Gasteiger partial charge on any atom is -0.493 e. The SMILES string of the molecule is COc1cc(/C=C/C(=O)NC2CCC(C)CC2)ccc1OCC(=O)O. The number of benzene rings is 1. The lowest BCUT2D eigenvalue weighted by atomic mass is 9.87. The Balaban J connectivity index is 1.93. The number of carboxylic acids is 1. The third-order valence-electron chi connectivity index (χ3n) is 4.33. The van der Waals surface area contributed by atoms with Crippen LogP contribution in [0.3, 0.4) is 0 Å². The highest BCUT2D eigenvalue weighted by molar-refractivity contribution is 5.92. The zero-order valence-electron chi connectivity index (χ0n) is 14.7. The maximum Gasteiger partial charge on any atom is 0.341 e. The fourth-order valence-corrected chi connectivity index (χ4v) is 2.87. The Kier molecular flexibility index (Phi) is 6.86. The van der Waals surface area contributed by atoms with Crippen LogP contribution in [0.5, 0.6) is 11.5 Å². The molecule has 1 aromatic rings. The monoisotopic (exact) mass is 347 g/mol. The predicted molar refractivity (Wildman–Crippen MR) is 94.7 cm³/mol. The fraction of sp³-hybridized carbons (Fsp3) is 0.474. The van der Waals surface area contributed by atoms with Gasteiger partial charge in [0.1, 0.15) is 0 Å². The summed E-state index contributed by atoms with van der Waals surface area (Å²) in [6, 6.07) is 5.33. The van der Waals surface area contributed by atoms with Crippen molar-refractivity contribution in [3.05, 3.63) is 29.8 Å². The maximum atomic E-state index is 12.0. The van der Waals surface area contributed by atoms with Gasteiger partial charge in [-0.15, -0.1) is 0 Å². The van der Waals surface area contributed by atoms with E-state index >= 15 is 0 Å². The van der Waals surface area contributed by atoms with E-state index in [4.69, 9.17) is 14.6 Å². The van der Waals surface area contributed by atoms with Gasteiger partial charge in [-0.1, -0.05) is 13.0 Å². The molecule has 1 saturated carbocycles. The Hall–Kier alpha value is -2.50. The van der Waals surface area contributed by atoms with E-state index in [2.05, 4.69) is 12.2 Å². The number of carboxylic acid groups (broad SMARTS) is 1. The molecule has 0 aliphatic heterocycles. The van der Waals surface area contributed by atoms with Crippen molar-refractivity contribution in [2.75, 3.05) is 13.7 Å². The van der Waals surface area contributed by atoms with Crippen LogP contribution in [0, 0.1) is 5.92 Å². The van der Waals surface area contributed by atoms with Gasteiger partial charge < -0.3 is 19.9 Å². The zero-order chi connectivity index (χ0) is 18.2. The second-order valence-electron chi connectivity index (χ2n) is 6.39. The number of aliphatic carboxylic acids is 1. The van der Waals surface area contributed by atoms with Crippen molar-refractivity contribution in [1.82, 2.24) is 5.32 Å². The second-order valence-corrected chi connectivity index (χ2v) is 6.39.